The number of anilines is 1. The zero-order valence-electron chi connectivity index (χ0n) is 17.3. The minimum atomic E-state index is -0.762. The highest BCUT2D eigenvalue weighted by Gasteiger charge is 2.27. The summed E-state index contributed by atoms with van der Waals surface area (Å²) in [6, 6.07) is 10.5. The van der Waals surface area contributed by atoms with Crippen molar-refractivity contribution in [2.24, 2.45) is 0 Å². The van der Waals surface area contributed by atoms with Gasteiger partial charge in [0.25, 0.3) is 5.56 Å². The fourth-order valence-electron chi connectivity index (χ4n) is 3.97. The van der Waals surface area contributed by atoms with Crippen molar-refractivity contribution >= 4 is 28.2 Å². The van der Waals surface area contributed by atoms with Crippen molar-refractivity contribution in [3.63, 3.8) is 0 Å². The average Bonchev–Trinajstić information content (AvgIpc) is 3.20. The summed E-state index contributed by atoms with van der Waals surface area (Å²) in [6.07, 6.45) is 1.43. The van der Waals surface area contributed by atoms with E-state index >= 15 is 0 Å². The summed E-state index contributed by atoms with van der Waals surface area (Å²) < 4.78 is 20.6. The zero-order chi connectivity index (χ0) is 22.6. The molecule has 0 aliphatic carbocycles. The van der Waals surface area contributed by atoms with Gasteiger partial charge in [0.05, 0.1) is 11.1 Å². The molecular formula is C23H19ClFN5O2. The van der Waals surface area contributed by atoms with E-state index in [1.807, 2.05) is 31.1 Å². The third-order valence-corrected chi connectivity index (χ3v) is 5.98. The number of nitrogen functional groups attached to an aromatic ring is 1. The molecule has 0 amide bonds. The lowest BCUT2D eigenvalue weighted by Gasteiger charge is -2.18. The Morgan fingerprint density at radius 2 is 1.88 bits per heavy atom. The number of likely N-dealkylation sites (N-methyl/N-ethyl adjacent to an activating group) is 1. The molecule has 4 aromatic rings. The van der Waals surface area contributed by atoms with E-state index in [4.69, 9.17) is 22.1 Å². The minimum absolute atomic E-state index is 0.0535. The van der Waals surface area contributed by atoms with Gasteiger partial charge in [-0.2, -0.15) is 9.37 Å². The molecule has 1 aliphatic heterocycles. The van der Waals surface area contributed by atoms with E-state index in [1.165, 1.54) is 6.20 Å². The number of pyridine rings is 1. The quantitative estimate of drug-likeness (QED) is 0.488. The summed E-state index contributed by atoms with van der Waals surface area (Å²) in [6.45, 7) is 0.532. The second-order valence-electron chi connectivity index (χ2n) is 7.87. The molecule has 2 aromatic carbocycles. The Labute approximate surface area is 187 Å². The molecule has 9 heteroatoms. The van der Waals surface area contributed by atoms with Crippen molar-refractivity contribution in [3.8, 4) is 28.3 Å². The normalized spacial score (nSPS) is 15.2. The van der Waals surface area contributed by atoms with Crippen LogP contribution in [0, 0.1) is 5.95 Å². The number of aromatic amines is 1. The van der Waals surface area contributed by atoms with Crippen LogP contribution < -0.4 is 16.0 Å². The number of halogens is 2. The molecule has 0 radical (unpaired) electrons. The molecule has 2 aromatic heterocycles. The lowest BCUT2D eigenvalue weighted by molar-refractivity contribution is 0.227. The Balaban J connectivity index is 1.65. The predicted octanol–water partition coefficient (Wildman–Crippen LogP) is 4.02. The smallest absolute Gasteiger partial charge is 0.255 e. The van der Waals surface area contributed by atoms with E-state index in [1.54, 1.807) is 24.3 Å². The minimum Gasteiger partial charge on any atom is -0.491 e. The predicted molar refractivity (Wildman–Crippen MR) is 122 cm³/mol. The Morgan fingerprint density at radius 3 is 2.66 bits per heavy atom. The molecule has 0 spiro atoms. The van der Waals surface area contributed by atoms with Gasteiger partial charge in [-0.15, -0.1) is 0 Å². The van der Waals surface area contributed by atoms with Gasteiger partial charge < -0.3 is 15.5 Å². The highest BCUT2D eigenvalue weighted by molar-refractivity contribution is 6.35. The van der Waals surface area contributed by atoms with E-state index in [-0.39, 0.29) is 23.1 Å². The van der Waals surface area contributed by atoms with Gasteiger partial charge in [0, 0.05) is 33.7 Å². The van der Waals surface area contributed by atoms with Gasteiger partial charge in [0.15, 0.2) is 5.82 Å². The first kappa shape index (κ1) is 20.4. The number of benzene rings is 2. The van der Waals surface area contributed by atoms with E-state index in [9.17, 15) is 9.18 Å². The van der Waals surface area contributed by atoms with Crippen LogP contribution in [0.1, 0.15) is 11.6 Å². The fraction of sp³-hybridized carbons (Fsp3) is 0.174. The van der Waals surface area contributed by atoms with E-state index in [0.29, 0.717) is 39.2 Å². The molecule has 0 saturated heterocycles. The van der Waals surface area contributed by atoms with Crippen LogP contribution in [0.3, 0.4) is 0 Å². The Morgan fingerprint density at radius 1 is 1.12 bits per heavy atom. The van der Waals surface area contributed by atoms with Crippen molar-refractivity contribution in [1.82, 2.24) is 19.9 Å². The number of nitrogens with two attached hydrogens (primary N) is 1. The molecule has 0 saturated carbocycles. The maximum Gasteiger partial charge on any atom is 0.255 e. The van der Waals surface area contributed by atoms with E-state index in [0.717, 1.165) is 11.3 Å². The molecule has 1 atom stereocenters. The molecule has 1 aliphatic rings. The van der Waals surface area contributed by atoms with Crippen molar-refractivity contribution in [2.45, 2.75) is 6.04 Å². The number of H-pyrrole nitrogens is 1. The van der Waals surface area contributed by atoms with E-state index < -0.39 is 5.95 Å². The van der Waals surface area contributed by atoms with Crippen LogP contribution in [0.25, 0.3) is 33.3 Å². The van der Waals surface area contributed by atoms with Crippen molar-refractivity contribution in [1.29, 1.82) is 0 Å². The maximum atomic E-state index is 14.8. The number of fused-ring (bicyclic) bond motifs is 2. The molecular weight excluding hydrogens is 433 g/mol. The average molecular weight is 452 g/mol. The molecule has 1 unspecified atom stereocenters. The first-order valence-electron chi connectivity index (χ1n) is 9.91. The van der Waals surface area contributed by atoms with Gasteiger partial charge >= 0.3 is 0 Å². The summed E-state index contributed by atoms with van der Waals surface area (Å²) in [5.74, 6) is -0.0464. The summed E-state index contributed by atoms with van der Waals surface area (Å²) in [5, 5.41) is 1.36. The van der Waals surface area contributed by atoms with Crippen LogP contribution in [0.2, 0.25) is 5.02 Å². The molecule has 7 nitrogen and oxygen atoms in total. The van der Waals surface area contributed by atoms with Crippen molar-refractivity contribution < 1.29 is 9.13 Å². The second-order valence-corrected chi connectivity index (χ2v) is 8.27. The standard InChI is InChI=1S/C23H19ClFN5O2/c1-30(2)17-10-32-18-6-4-11(8-15(17)18)19-21(25)29-22(26)20(28-19)12-3-5-13-14(7-12)16(24)9-27-23(13)31/h3-9,17H,10H2,1-2H3,(H2,26,29)(H,27,31). The highest BCUT2D eigenvalue weighted by atomic mass is 35.5. The van der Waals surface area contributed by atoms with Crippen LogP contribution in [-0.2, 0) is 0 Å². The van der Waals surface area contributed by atoms with Crippen molar-refractivity contribution in [3.05, 3.63) is 69.5 Å². The largest absolute Gasteiger partial charge is 0.491 e. The Kier molecular flexibility index (Phi) is 4.83. The first-order chi connectivity index (χ1) is 15.3. The first-order valence-corrected chi connectivity index (χ1v) is 10.3. The SMILES string of the molecule is CN(C)C1COc2ccc(-c3nc(-c4ccc5c(=O)[nH]cc(Cl)c5c4)c(N)nc3F)cc21. The number of nitrogens with zero attached hydrogens (tertiary/aromatic N) is 3. The Bertz CT molecular complexity index is 1440. The number of rotatable bonds is 3. The molecule has 5 rings (SSSR count). The molecule has 3 heterocycles. The van der Waals surface area contributed by atoms with Crippen LogP contribution >= 0.6 is 11.6 Å². The maximum absolute atomic E-state index is 14.8. The number of hydrogen-bond acceptors (Lipinski definition) is 6. The van der Waals surface area contributed by atoms with Gasteiger partial charge in [-0.25, -0.2) is 4.98 Å². The highest BCUT2D eigenvalue weighted by Crippen LogP contribution is 2.38. The summed E-state index contributed by atoms with van der Waals surface area (Å²) in [5.41, 5.74) is 8.26. The summed E-state index contributed by atoms with van der Waals surface area (Å²) in [4.78, 5) is 25.1. The van der Waals surface area contributed by atoms with Gasteiger partial charge in [-0.05, 0) is 44.4 Å². The third kappa shape index (κ3) is 3.28. The van der Waals surface area contributed by atoms with Crippen LogP contribution in [0.15, 0.2) is 47.4 Å². The van der Waals surface area contributed by atoms with Gasteiger partial charge in [0.2, 0.25) is 5.95 Å². The number of aromatic nitrogens is 3. The fourth-order valence-corrected chi connectivity index (χ4v) is 4.18. The molecule has 0 bridgehead atoms. The number of ether oxygens (including phenoxy) is 1. The lowest BCUT2D eigenvalue weighted by atomic mass is 10.0. The number of nitrogens with one attached hydrogen (secondary N) is 1. The summed E-state index contributed by atoms with van der Waals surface area (Å²) in [7, 11) is 3.93. The third-order valence-electron chi connectivity index (χ3n) is 5.67. The van der Waals surface area contributed by atoms with Crippen molar-refractivity contribution in [2.75, 3.05) is 26.4 Å². The van der Waals surface area contributed by atoms with E-state index in [2.05, 4.69) is 15.0 Å². The zero-order valence-corrected chi connectivity index (χ0v) is 18.1. The molecule has 32 heavy (non-hydrogen) atoms. The number of hydrogen-bond donors (Lipinski definition) is 2. The molecule has 3 N–H and O–H groups in total. The summed E-state index contributed by atoms with van der Waals surface area (Å²) >= 11 is 6.26. The Hall–Kier alpha value is -3.49. The van der Waals surface area contributed by atoms with Crippen LogP contribution in [-0.4, -0.2) is 40.6 Å². The van der Waals surface area contributed by atoms with Crippen LogP contribution in [0.5, 0.6) is 5.75 Å². The van der Waals surface area contributed by atoms with Gasteiger partial charge in [-0.1, -0.05) is 17.7 Å². The topological polar surface area (TPSA) is 97.1 Å². The second kappa shape index (κ2) is 7.58. The molecule has 162 valence electrons. The molecule has 0 fully saturated rings. The van der Waals surface area contributed by atoms with Gasteiger partial charge in [0.1, 0.15) is 23.7 Å². The van der Waals surface area contributed by atoms with Crippen LogP contribution in [0.4, 0.5) is 10.2 Å². The monoisotopic (exact) mass is 451 g/mol. The lowest BCUT2D eigenvalue weighted by Crippen LogP contribution is -2.20. The van der Waals surface area contributed by atoms with Gasteiger partial charge in [-0.3, -0.25) is 9.69 Å².